The molecule has 1 unspecified atom stereocenters. The van der Waals surface area contributed by atoms with Crippen molar-refractivity contribution in [2.45, 2.75) is 38.6 Å². The number of nitrogens with two attached hydrogens (primary N) is 1. The maximum absolute atomic E-state index is 11.7. The Hall–Kier alpha value is -1.35. The van der Waals surface area contributed by atoms with E-state index in [1.165, 1.54) is 5.56 Å². The zero-order valence-electron chi connectivity index (χ0n) is 10.9. The van der Waals surface area contributed by atoms with Crippen LogP contribution in [-0.2, 0) is 10.2 Å². The second-order valence-corrected chi connectivity index (χ2v) is 5.79. The third-order valence-electron chi connectivity index (χ3n) is 3.42. The number of nitrogens with zero attached hydrogens (tertiary/aromatic N) is 1. The molecule has 3 heteroatoms. The van der Waals surface area contributed by atoms with E-state index >= 15 is 0 Å². The van der Waals surface area contributed by atoms with Crippen LogP contribution in [0, 0.1) is 0 Å². The van der Waals surface area contributed by atoms with E-state index in [9.17, 15) is 4.79 Å². The Balaban J connectivity index is 2.52. The SMILES string of the molecule is CN1C(=O)CC(N)c2cc(C(C)(C)C)ccc21. The summed E-state index contributed by atoms with van der Waals surface area (Å²) in [5.41, 5.74) is 9.46. The summed E-state index contributed by atoms with van der Waals surface area (Å²) in [5, 5.41) is 0. The molecular weight excluding hydrogens is 212 g/mol. The lowest BCUT2D eigenvalue weighted by atomic mass is 9.84. The molecule has 2 rings (SSSR count). The van der Waals surface area contributed by atoms with Crippen LogP contribution in [0.4, 0.5) is 5.69 Å². The van der Waals surface area contributed by atoms with Gasteiger partial charge in [-0.1, -0.05) is 32.9 Å². The summed E-state index contributed by atoms with van der Waals surface area (Å²) < 4.78 is 0. The van der Waals surface area contributed by atoms with E-state index in [0.29, 0.717) is 6.42 Å². The van der Waals surface area contributed by atoms with E-state index in [2.05, 4.69) is 32.9 Å². The van der Waals surface area contributed by atoms with Crippen molar-refractivity contribution in [2.75, 3.05) is 11.9 Å². The minimum Gasteiger partial charge on any atom is -0.323 e. The molecule has 0 bridgehead atoms. The summed E-state index contributed by atoms with van der Waals surface area (Å²) in [5.74, 6) is 0.0912. The molecule has 0 radical (unpaired) electrons. The van der Waals surface area contributed by atoms with Crippen molar-refractivity contribution < 1.29 is 4.79 Å². The van der Waals surface area contributed by atoms with Crippen LogP contribution in [0.3, 0.4) is 0 Å². The molecule has 1 atom stereocenters. The minimum absolute atomic E-state index is 0.0912. The van der Waals surface area contributed by atoms with E-state index in [-0.39, 0.29) is 17.4 Å². The average Bonchev–Trinajstić information content (AvgIpc) is 2.24. The van der Waals surface area contributed by atoms with Crippen LogP contribution in [0.2, 0.25) is 0 Å². The molecule has 1 aliphatic heterocycles. The lowest BCUT2D eigenvalue weighted by Gasteiger charge is -2.31. The van der Waals surface area contributed by atoms with Gasteiger partial charge in [0.1, 0.15) is 0 Å². The Morgan fingerprint density at radius 2 is 2.00 bits per heavy atom. The Labute approximate surface area is 103 Å². The molecule has 92 valence electrons. The Bertz CT molecular complexity index is 460. The molecule has 0 spiro atoms. The predicted octanol–water partition coefficient (Wildman–Crippen LogP) is 2.35. The third-order valence-corrected chi connectivity index (χ3v) is 3.42. The van der Waals surface area contributed by atoms with E-state index in [0.717, 1.165) is 11.3 Å². The van der Waals surface area contributed by atoms with Crippen LogP contribution in [0.1, 0.15) is 44.4 Å². The number of amides is 1. The van der Waals surface area contributed by atoms with Crippen LogP contribution in [0.25, 0.3) is 0 Å². The van der Waals surface area contributed by atoms with Crippen LogP contribution < -0.4 is 10.6 Å². The number of hydrogen-bond acceptors (Lipinski definition) is 2. The molecule has 1 aromatic rings. The predicted molar refractivity (Wildman–Crippen MR) is 70.1 cm³/mol. The molecule has 2 N–H and O–H groups in total. The van der Waals surface area contributed by atoms with Crippen molar-refractivity contribution in [1.82, 2.24) is 0 Å². The second-order valence-electron chi connectivity index (χ2n) is 5.79. The number of fused-ring (bicyclic) bond motifs is 1. The topological polar surface area (TPSA) is 46.3 Å². The van der Waals surface area contributed by atoms with Gasteiger partial charge in [0, 0.05) is 25.2 Å². The molecule has 1 aliphatic rings. The molecule has 17 heavy (non-hydrogen) atoms. The van der Waals surface area contributed by atoms with Crippen molar-refractivity contribution in [3.8, 4) is 0 Å². The van der Waals surface area contributed by atoms with Gasteiger partial charge in [-0.2, -0.15) is 0 Å². The maximum Gasteiger partial charge on any atom is 0.228 e. The average molecular weight is 232 g/mol. The quantitative estimate of drug-likeness (QED) is 0.746. The fraction of sp³-hybridized carbons (Fsp3) is 0.500. The Morgan fingerprint density at radius 3 is 2.59 bits per heavy atom. The van der Waals surface area contributed by atoms with Crippen molar-refractivity contribution >= 4 is 11.6 Å². The number of rotatable bonds is 0. The summed E-state index contributed by atoms with van der Waals surface area (Å²) in [7, 11) is 1.81. The summed E-state index contributed by atoms with van der Waals surface area (Å²) in [6.07, 6.45) is 0.400. The summed E-state index contributed by atoms with van der Waals surface area (Å²) >= 11 is 0. The minimum atomic E-state index is -0.170. The monoisotopic (exact) mass is 232 g/mol. The van der Waals surface area contributed by atoms with E-state index in [4.69, 9.17) is 5.73 Å². The molecule has 0 saturated heterocycles. The fourth-order valence-corrected chi connectivity index (χ4v) is 2.19. The van der Waals surface area contributed by atoms with Crippen LogP contribution >= 0.6 is 0 Å². The first kappa shape index (κ1) is 12.1. The Kier molecular flexibility index (Phi) is 2.74. The van der Waals surface area contributed by atoms with Gasteiger partial charge >= 0.3 is 0 Å². The van der Waals surface area contributed by atoms with Crippen molar-refractivity contribution in [2.24, 2.45) is 5.73 Å². The normalized spacial score (nSPS) is 20.4. The van der Waals surface area contributed by atoms with Gasteiger partial charge in [0.25, 0.3) is 0 Å². The molecule has 0 saturated carbocycles. The first-order valence-corrected chi connectivity index (χ1v) is 5.97. The third kappa shape index (κ3) is 2.07. The molecule has 0 aromatic heterocycles. The van der Waals surface area contributed by atoms with E-state index in [1.807, 2.05) is 13.1 Å². The number of benzene rings is 1. The fourth-order valence-electron chi connectivity index (χ4n) is 2.19. The lowest BCUT2D eigenvalue weighted by Crippen LogP contribution is -2.36. The number of hydrogen-bond donors (Lipinski definition) is 1. The second kappa shape index (κ2) is 3.84. The number of carbonyl (C=O) groups is 1. The summed E-state index contributed by atoms with van der Waals surface area (Å²) in [4.78, 5) is 13.4. The highest BCUT2D eigenvalue weighted by atomic mass is 16.2. The van der Waals surface area contributed by atoms with Gasteiger partial charge in [-0.25, -0.2) is 0 Å². The number of carbonyl (C=O) groups excluding carboxylic acids is 1. The molecule has 1 amide bonds. The zero-order chi connectivity index (χ0) is 12.8. The van der Waals surface area contributed by atoms with Crippen LogP contribution in [0.15, 0.2) is 18.2 Å². The molecule has 1 heterocycles. The smallest absolute Gasteiger partial charge is 0.228 e. The number of anilines is 1. The van der Waals surface area contributed by atoms with Crippen LogP contribution in [-0.4, -0.2) is 13.0 Å². The molecule has 3 nitrogen and oxygen atoms in total. The summed E-state index contributed by atoms with van der Waals surface area (Å²) in [6.45, 7) is 6.54. The zero-order valence-corrected chi connectivity index (χ0v) is 10.9. The molecule has 0 fully saturated rings. The highest BCUT2D eigenvalue weighted by Gasteiger charge is 2.28. The van der Waals surface area contributed by atoms with Gasteiger partial charge in [-0.3, -0.25) is 4.79 Å². The Morgan fingerprint density at radius 1 is 1.35 bits per heavy atom. The maximum atomic E-state index is 11.7. The molecule has 1 aromatic carbocycles. The van der Waals surface area contributed by atoms with Gasteiger partial charge in [-0.05, 0) is 22.6 Å². The molecule has 0 aliphatic carbocycles. The first-order chi connectivity index (χ1) is 7.80. The van der Waals surface area contributed by atoms with Crippen molar-refractivity contribution in [3.05, 3.63) is 29.3 Å². The standard InChI is InChI=1S/C14H20N2O/c1-14(2,3)9-5-6-12-10(7-9)11(15)8-13(17)16(12)4/h5-7,11H,8,15H2,1-4H3. The largest absolute Gasteiger partial charge is 0.323 e. The van der Waals surface area contributed by atoms with Gasteiger partial charge < -0.3 is 10.6 Å². The van der Waals surface area contributed by atoms with Gasteiger partial charge in [0.05, 0.1) is 0 Å². The first-order valence-electron chi connectivity index (χ1n) is 5.97. The van der Waals surface area contributed by atoms with E-state index < -0.39 is 0 Å². The van der Waals surface area contributed by atoms with Crippen molar-refractivity contribution in [3.63, 3.8) is 0 Å². The van der Waals surface area contributed by atoms with Crippen molar-refractivity contribution in [1.29, 1.82) is 0 Å². The van der Waals surface area contributed by atoms with Gasteiger partial charge in [0.15, 0.2) is 0 Å². The highest BCUT2D eigenvalue weighted by molar-refractivity contribution is 5.96. The van der Waals surface area contributed by atoms with Crippen LogP contribution in [0.5, 0.6) is 0 Å². The summed E-state index contributed by atoms with van der Waals surface area (Å²) in [6, 6.07) is 6.06. The van der Waals surface area contributed by atoms with Gasteiger partial charge in [-0.15, -0.1) is 0 Å². The lowest BCUT2D eigenvalue weighted by molar-refractivity contribution is -0.119. The molecular formula is C14H20N2O. The highest BCUT2D eigenvalue weighted by Crippen LogP contribution is 2.35. The van der Waals surface area contributed by atoms with E-state index in [1.54, 1.807) is 4.90 Å². The van der Waals surface area contributed by atoms with Gasteiger partial charge in [0.2, 0.25) is 5.91 Å².